The molecule has 0 aliphatic carbocycles. The number of pyridine rings is 2. The molecule has 0 amide bonds. The molecule has 3 aliphatic heterocycles. The Morgan fingerprint density at radius 3 is 1.41 bits per heavy atom. The molecule has 0 bridgehead atoms. The Labute approximate surface area is 421 Å². The van der Waals surface area contributed by atoms with Crippen molar-refractivity contribution in [2.24, 2.45) is 0 Å². The average Bonchev–Trinajstić information content (AvgIpc) is 3.37. The lowest BCUT2D eigenvalue weighted by molar-refractivity contribution is 0.122. The van der Waals surface area contributed by atoms with Crippen molar-refractivity contribution in [1.82, 2.24) is 29.9 Å². The van der Waals surface area contributed by atoms with E-state index in [-0.39, 0.29) is 13.0 Å². The molecule has 4 aromatic rings. The molecule has 1 N–H and O–H groups in total. The van der Waals surface area contributed by atoms with Crippen LogP contribution in [0, 0.1) is 154 Å². The van der Waals surface area contributed by atoms with E-state index in [2.05, 4.69) is 210 Å². The van der Waals surface area contributed by atoms with Crippen LogP contribution in [0.15, 0.2) is 38.5 Å². The van der Waals surface area contributed by atoms with E-state index in [4.69, 9.17) is 25.9 Å². The molecule has 3 saturated heterocycles. The highest BCUT2D eigenvalue weighted by atomic mass is 79.9. The second-order valence-corrected chi connectivity index (χ2v) is 15.0. The van der Waals surface area contributed by atoms with Crippen molar-refractivity contribution >= 4 is 71.4 Å². The van der Waals surface area contributed by atoms with Gasteiger partial charge in [-0.3, -0.25) is 19.7 Å². The number of terminal acetylenes is 1. The van der Waals surface area contributed by atoms with Gasteiger partial charge in [-0.1, -0.05) is 13.3 Å². The maximum Gasteiger partial charge on any atom is 0.261 e. The molecule has 0 saturated carbocycles. The van der Waals surface area contributed by atoms with Gasteiger partial charge in [-0.2, -0.15) is 4.98 Å². The number of rotatable bonds is 3. The number of fused-ring (bicyclic) bond motifs is 2. The molecule has 3 aliphatic rings. The third kappa shape index (κ3) is 18.3. The maximum atomic E-state index is 12.1. The van der Waals surface area contributed by atoms with Crippen molar-refractivity contribution in [3.63, 3.8) is 0 Å². The van der Waals surface area contributed by atoms with Crippen molar-refractivity contribution < 1.29 is 9.47 Å². The fraction of sp³-hybridized carbons (Fsp3) is 0.273. The van der Waals surface area contributed by atoms with Gasteiger partial charge in [-0.05, 0) is 153 Å². The minimum Gasteiger partial charge on any atom is -0.378 e. The number of hydrogen-bond acceptors (Lipinski definition) is 11. The lowest BCUT2D eigenvalue weighted by Crippen LogP contribution is -2.38. The van der Waals surface area contributed by atoms with Gasteiger partial charge in [0.05, 0.1) is 65.1 Å². The number of piperidine rings is 1. The largest absolute Gasteiger partial charge is 0.378 e. The standard InChI is InChI=1S/C27H4.C16H20BrN5O.C11H11BrN4O2.CH4/c1-3-5-7-9-11-13-15-17-19-21-23-25-27-26-24-22-20-18-16-14-12-10-8-6-4-2;17-12-10-18-11-13-14(12)15(21-4-2-1-3-5-21)20-16(19-13)22-6-8-23-9-7-22;12-7-5-13-6-8-9(7)10(17)15-11(14-8)16-1-3-18-4-2-16;/h1H,2H3;10-11H,1-9H2;5-6H,1-4H2,(H,14,15,17);1H4. The summed E-state index contributed by atoms with van der Waals surface area (Å²) in [6.45, 7) is 9.72. The summed E-state index contributed by atoms with van der Waals surface area (Å²) in [5.74, 6) is 64.3. The van der Waals surface area contributed by atoms with Gasteiger partial charge < -0.3 is 24.2 Å². The number of anilines is 3. The van der Waals surface area contributed by atoms with Crippen LogP contribution in [-0.2, 0) is 9.47 Å². The van der Waals surface area contributed by atoms with Crippen molar-refractivity contribution in [2.75, 3.05) is 80.4 Å². The smallest absolute Gasteiger partial charge is 0.261 e. The molecule has 0 unspecified atom stereocenters. The summed E-state index contributed by atoms with van der Waals surface area (Å²) >= 11 is 6.94. The summed E-state index contributed by atoms with van der Waals surface area (Å²) in [5, 5.41) is 1.60. The number of aromatic nitrogens is 6. The number of nitrogens with one attached hydrogen (secondary N) is 1. The number of aromatic amines is 1. The second kappa shape index (κ2) is 31.3. The molecule has 12 nitrogen and oxygen atoms in total. The Hall–Kier alpha value is -8.66. The quantitative estimate of drug-likeness (QED) is 0.284. The lowest BCUT2D eigenvalue weighted by atomic mass is 10.1. The summed E-state index contributed by atoms with van der Waals surface area (Å²) in [5.41, 5.74) is 1.34. The molecule has 0 spiro atoms. The van der Waals surface area contributed by atoms with Crippen molar-refractivity contribution in [2.45, 2.75) is 33.6 Å². The summed E-state index contributed by atoms with van der Waals surface area (Å²) in [6, 6.07) is 0. The van der Waals surface area contributed by atoms with E-state index in [0.717, 1.165) is 79.6 Å². The lowest BCUT2D eigenvalue weighted by Gasteiger charge is -2.31. The number of morpholine rings is 2. The van der Waals surface area contributed by atoms with Crippen molar-refractivity contribution in [3.8, 4) is 154 Å². The number of hydrogen-bond donors (Lipinski definition) is 1. The van der Waals surface area contributed by atoms with Gasteiger partial charge in [-0.25, -0.2) is 9.97 Å². The molecular weight excluding hydrogens is 994 g/mol. The molecule has 4 aromatic heterocycles. The highest BCUT2D eigenvalue weighted by molar-refractivity contribution is 9.11. The second-order valence-electron chi connectivity index (χ2n) is 13.3. The predicted molar refractivity (Wildman–Crippen MR) is 280 cm³/mol. The first kappa shape index (κ1) is 53.0. The highest BCUT2D eigenvalue weighted by Crippen LogP contribution is 2.33. The molecule has 3 fully saturated rings. The topological polar surface area (TPSA) is 125 Å². The van der Waals surface area contributed by atoms with Crippen LogP contribution in [0.1, 0.15) is 33.6 Å². The Bertz CT molecular complexity index is 3420. The molecule has 0 aromatic carbocycles. The van der Waals surface area contributed by atoms with Gasteiger partial charge in [0.1, 0.15) is 5.82 Å². The van der Waals surface area contributed by atoms with E-state index in [9.17, 15) is 4.79 Å². The molecule has 7 heterocycles. The first-order valence-electron chi connectivity index (χ1n) is 20.6. The van der Waals surface area contributed by atoms with E-state index in [1.807, 2.05) is 17.3 Å². The molecule has 7 rings (SSSR count). The van der Waals surface area contributed by atoms with Gasteiger partial charge in [-0.15, -0.1) is 6.42 Å². The highest BCUT2D eigenvalue weighted by Gasteiger charge is 2.22. The van der Waals surface area contributed by atoms with Gasteiger partial charge in [0.25, 0.3) is 5.56 Å². The van der Waals surface area contributed by atoms with Gasteiger partial charge in [0.15, 0.2) is 0 Å². The van der Waals surface area contributed by atoms with Crippen LogP contribution in [0.4, 0.5) is 17.7 Å². The Morgan fingerprint density at radius 1 is 0.522 bits per heavy atom. The van der Waals surface area contributed by atoms with Crippen LogP contribution in [0.25, 0.3) is 21.8 Å². The number of H-pyrrole nitrogens is 1. The summed E-state index contributed by atoms with van der Waals surface area (Å²) in [6.07, 6.45) is 15.5. The summed E-state index contributed by atoms with van der Waals surface area (Å²) in [4.78, 5) is 43.9. The number of halogens is 2. The van der Waals surface area contributed by atoms with Crippen LogP contribution >= 0.6 is 31.9 Å². The summed E-state index contributed by atoms with van der Waals surface area (Å²) in [7, 11) is 0. The fourth-order valence-corrected chi connectivity index (χ4v) is 6.97. The normalized spacial score (nSPS) is 12.2. The van der Waals surface area contributed by atoms with Crippen molar-refractivity contribution in [1.29, 1.82) is 0 Å². The van der Waals surface area contributed by atoms with Gasteiger partial charge >= 0.3 is 0 Å². The van der Waals surface area contributed by atoms with Crippen LogP contribution in [0.2, 0.25) is 0 Å². The predicted octanol–water partition coefficient (Wildman–Crippen LogP) is 4.85. The van der Waals surface area contributed by atoms with Gasteiger partial charge in [0.2, 0.25) is 11.9 Å². The van der Waals surface area contributed by atoms with E-state index < -0.39 is 0 Å². The zero-order chi connectivity index (χ0) is 47.9. The third-order valence-electron chi connectivity index (χ3n) is 8.92. The maximum absolute atomic E-state index is 12.1. The molecule has 336 valence electrons. The SMILES string of the molecule is Brc1cncc2nc(N3CCOCC3)nc(N3CCCCC3)c12.C.C#CC#CC#CC#CC#CC#CC#CC#CC#CC#CC#CC#CC#CC.O=c1[nH]c(N2CCOCC2)nc2cncc(Br)c12. The zero-order valence-electron chi connectivity index (χ0n) is 36.6. The van der Waals surface area contributed by atoms with Crippen LogP contribution < -0.4 is 20.3 Å². The zero-order valence-corrected chi connectivity index (χ0v) is 39.8. The minimum absolute atomic E-state index is 0. The van der Waals surface area contributed by atoms with Crippen LogP contribution in [-0.4, -0.2) is 95.6 Å². The summed E-state index contributed by atoms with van der Waals surface area (Å²) < 4.78 is 12.3. The van der Waals surface area contributed by atoms with E-state index >= 15 is 0 Å². The molecule has 0 radical (unpaired) electrons. The minimum atomic E-state index is -0.157. The Kier molecular flexibility index (Phi) is 24.0. The van der Waals surface area contributed by atoms with Crippen molar-refractivity contribution in [3.05, 3.63) is 44.1 Å². The molecular formula is C55H39Br2N9O3. The number of nitrogens with zero attached hydrogens (tertiary/aromatic N) is 8. The number of ether oxygens (including phenoxy) is 2. The van der Waals surface area contributed by atoms with E-state index in [0.29, 0.717) is 34.5 Å². The Morgan fingerprint density at radius 2 is 0.942 bits per heavy atom. The van der Waals surface area contributed by atoms with Gasteiger partial charge in [0, 0.05) is 103 Å². The average molecular weight is 1030 g/mol. The van der Waals surface area contributed by atoms with Crippen LogP contribution in [0.5, 0.6) is 0 Å². The molecule has 0 atom stereocenters. The van der Waals surface area contributed by atoms with Crippen LogP contribution in [0.3, 0.4) is 0 Å². The fourth-order valence-electron chi connectivity index (χ4n) is 5.97. The first-order chi connectivity index (χ1) is 33.5. The molecule has 14 heteroatoms. The van der Waals surface area contributed by atoms with E-state index in [1.54, 1.807) is 19.3 Å². The van der Waals surface area contributed by atoms with E-state index in [1.165, 1.54) is 19.3 Å². The molecule has 69 heavy (non-hydrogen) atoms. The third-order valence-corrected chi connectivity index (χ3v) is 10.1. The Balaban J connectivity index is 0.000000227. The monoisotopic (exact) mass is 1030 g/mol. The first-order valence-corrected chi connectivity index (χ1v) is 22.2.